The number of hydrogen-bond acceptors (Lipinski definition) is 4. The zero-order valence-corrected chi connectivity index (χ0v) is 17.0. The lowest BCUT2D eigenvalue weighted by molar-refractivity contribution is -0.171. The molecule has 152 valence electrons. The Labute approximate surface area is 162 Å². The largest absolute Gasteiger partial charge is 0.377 e. The zero-order chi connectivity index (χ0) is 19.2. The second kappa shape index (κ2) is 6.92. The van der Waals surface area contributed by atoms with Gasteiger partial charge in [-0.2, -0.15) is 0 Å². The number of aliphatic imine (C=N–C) groups is 1. The molecule has 4 aliphatic rings. The number of fused-ring (bicyclic) bond motifs is 2. The molecular formula is C20H35N5O2. The maximum atomic E-state index is 11.8. The third-order valence-corrected chi connectivity index (χ3v) is 7.60. The average Bonchev–Trinajstić information content (AvgIpc) is 3.02. The molecule has 2 saturated heterocycles. The van der Waals surface area contributed by atoms with Crippen LogP contribution >= 0.6 is 0 Å². The number of rotatable bonds is 4. The number of piperazine rings is 1. The average molecular weight is 378 g/mol. The van der Waals surface area contributed by atoms with E-state index in [2.05, 4.69) is 22.0 Å². The number of nitrogens with zero attached hydrogens (tertiary/aromatic N) is 3. The molecule has 27 heavy (non-hydrogen) atoms. The summed E-state index contributed by atoms with van der Waals surface area (Å²) in [4.78, 5) is 21.1. The predicted octanol–water partition coefficient (Wildman–Crippen LogP) is 0.791. The Hall–Kier alpha value is -1.34. The summed E-state index contributed by atoms with van der Waals surface area (Å²) in [6.07, 6.45) is 5.54. The molecule has 4 fully saturated rings. The van der Waals surface area contributed by atoms with E-state index in [9.17, 15) is 4.79 Å². The number of guanidine groups is 1. The molecule has 1 amide bonds. The molecule has 7 nitrogen and oxygen atoms in total. The number of primary amides is 1. The fourth-order valence-corrected chi connectivity index (χ4v) is 5.61. The summed E-state index contributed by atoms with van der Waals surface area (Å²) >= 11 is 0. The molecule has 0 radical (unpaired) electrons. The molecule has 3 unspecified atom stereocenters. The van der Waals surface area contributed by atoms with E-state index in [0.717, 1.165) is 45.3 Å². The Kier molecular flexibility index (Phi) is 4.87. The van der Waals surface area contributed by atoms with Gasteiger partial charge in [0.05, 0.1) is 11.6 Å². The summed E-state index contributed by atoms with van der Waals surface area (Å²) in [7, 11) is 0. The van der Waals surface area contributed by atoms with Crippen LogP contribution in [0.2, 0.25) is 0 Å². The third-order valence-electron chi connectivity index (χ3n) is 7.60. The topological polar surface area (TPSA) is 83.2 Å². The van der Waals surface area contributed by atoms with Crippen LogP contribution in [-0.2, 0) is 9.53 Å². The monoisotopic (exact) mass is 377 g/mol. The fourth-order valence-electron chi connectivity index (χ4n) is 5.61. The molecule has 2 aliphatic heterocycles. The van der Waals surface area contributed by atoms with Gasteiger partial charge in [0.2, 0.25) is 5.91 Å². The highest BCUT2D eigenvalue weighted by Gasteiger charge is 2.66. The van der Waals surface area contributed by atoms with E-state index in [1.807, 2.05) is 13.8 Å². The van der Waals surface area contributed by atoms with Crippen molar-refractivity contribution in [3.63, 3.8) is 0 Å². The number of hydrogen-bond donors (Lipinski definition) is 2. The minimum absolute atomic E-state index is 0.259. The van der Waals surface area contributed by atoms with Crippen molar-refractivity contribution in [3.05, 3.63) is 0 Å². The van der Waals surface area contributed by atoms with Gasteiger partial charge in [0.1, 0.15) is 0 Å². The molecule has 2 heterocycles. The number of nitrogens with two attached hydrogens (primary N) is 1. The molecule has 7 heteroatoms. The SMILES string of the molecule is CCN=C(NC1C2CCOC2C12CCC2)N1CCN(C(C)(C)C(N)=O)CC1. The van der Waals surface area contributed by atoms with Gasteiger partial charge in [0.15, 0.2) is 5.96 Å². The molecule has 2 aliphatic carbocycles. The lowest BCUT2D eigenvalue weighted by Gasteiger charge is -2.63. The molecular weight excluding hydrogens is 342 g/mol. The molecule has 1 spiro atoms. The van der Waals surface area contributed by atoms with Gasteiger partial charge >= 0.3 is 0 Å². The van der Waals surface area contributed by atoms with Crippen LogP contribution in [0.1, 0.15) is 46.5 Å². The Morgan fingerprint density at radius 3 is 2.56 bits per heavy atom. The van der Waals surface area contributed by atoms with E-state index in [1.165, 1.54) is 25.7 Å². The van der Waals surface area contributed by atoms with Crippen molar-refractivity contribution >= 4 is 11.9 Å². The lowest BCUT2D eigenvalue weighted by Crippen LogP contribution is -2.73. The second-order valence-electron chi connectivity index (χ2n) is 9.15. The summed E-state index contributed by atoms with van der Waals surface area (Å²) in [5.41, 5.74) is 5.35. The highest BCUT2D eigenvalue weighted by Crippen LogP contribution is 2.62. The summed E-state index contributed by atoms with van der Waals surface area (Å²) in [5, 5.41) is 3.85. The normalized spacial score (nSPS) is 33.4. The van der Waals surface area contributed by atoms with Crippen LogP contribution in [0.3, 0.4) is 0 Å². The fraction of sp³-hybridized carbons (Fsp3) is 0.900. The van der Waals surface area contributed by atoms with Gasteiger partial charge < -0.3 is 20.7 Å². The van der Waals surface area contributed by atoms with Crippen molar-refractivity contribution in [2.45, 2.75) is 64.1 Å². The van der Waals surface area contributed by atoms with Crippen LogP contribution in [0.25, 0.3) is 0 Å². The van der Waals surface area contributed by atoms with Gasteiger partial charge in [0.25, 0.3) is 0 Å². The van der Waals surface area contributed by atoms with E-state index in [-0.39, 0.29) is 5.91 Å². The minimum atomic E-state index is -0.597. The quantitative estimate of drug-likeness (QED) is 0.559. The van der Waals surface area contributed by atoms with Crippen molar-refractivity contribution in [3.8, 4) is 0 Å². The van der Waals surface area contributed by atoms with Crippen LogP contribution in [0.4, 0.5) is 0 Å². The van der Waals surface area contributed by atoms with Crippen LogP contribution in [0.5, 0.6) is 0 Å². The van der Waals surface area contributed by atoms with Crippen molar-refractivity contribution in [1.82, 2.24) is 15.1 Å². The van der Waals surface area contributed by atoms with E-state index < -0.39 is 5.54 Å². The number of ether oxygens (including phenoxy) is 1. The second-order valence-corrected chi connectivity index (χ2v) is 9.15. The van der Waals surface area contributed by atoms with Crippen molar-refractivity contribution in [1.29, 1.82) is 0 Å². The van der Waals surface area contributed by atoms with Gasteiger partial charge in [-0.05, 0) is 40.0 Å². The predicted molar refractivity (Wildman–Crippen MR) is 105 cm³/mol. The van der Waals surface area contributed by atoms with Gasteiger partial charge in [-0.1, -0.05) is 6.42 Å². The smallest absolute Gasteiger partial charge is 0.237 e. The van der Waals surface area contributed by atoms with Gasteiger partial charge in [0, 0.05) is 56.7 Å². The molecule has 0 bridgehead atoms. The van der Waals surface area contributed by atoms with Gasteiger partial charge in [-0.15, -0.1) is 0 Å². The van der Waals surface area contributed by atoms with Crippen molar-refractivity contribution in [2.75, 3.05) is 39.3 Å². The van der Waals surface area contributed by atoms with Crippen molar-refractivity contribution in [2.24, 2.45) is 22.1 Å². The van der Waals surface area contributed by atoms with E-state index in [0.29, 0.717) is 23.5 Å². The summed E-state index contributed by atoms with van der Waals surface area (Å²) < 4.78 is 6.06. The Morgan fingerprint density at radius 2 is 2.00 bits per heavy atom. The number of amides is 1. The molecule has 3 atom stereocenters. The Balaban J connectivity index is 1.41. The maximum Gasteiger partial charge on any atom is 0.237 e. The highest BCUT2D eigenvalue weighted by atomic mass is 16.5. The van der Waals surface area contributed by atoms with Gasteiger partial charge in [-0.25, -0.2) is 0 Å². The number of carbonyl (C=O) groups excluding carboxylic acids is 1. The minimum Gasteiger partial charge on any atom is -0.377 e. The van der Waals surface area contributed by atoms with Crippen LogP contribution in [0.15, 0.2) is 4.99 Å². The zero-order valence-electron chi connectivity index (χ0n) is 17.0. The first-order chi connectivity index (χ1) is 12.9. The van der Waals surface area contributed by atoms with Crippen LogP contribution in [-0.4, -0.2) is 78.7 Å². The molecule has 4 rings (SSSR count). The number of nitrogens with one attached hydrogen (secondary N) is 1. The molecule has 0 aromatic heterocycles. The summed E-state index contributed by atoms with van der Waals surface area (Å²) in [6, 6.07) is 0.504. The summed E-state index contributed by atoms with van der Waals surface area (Å²) in [6.45, 7) is 11.0. The molecule has 3 N–H and O–H groups in total. The first-order valence-electron chi connectivity index (χ1n) is 10.6. The standard InChI is InChI=1S/C20H35N5O2/c1-4-22-18(24-9-11-25(12-10-24)19(2,3)17(21)26)23-15-14-6-13-27-16(14)20(15)7-5-8-20/h14-16H,4-13H2,1-3H3,(H2,21,26)(H,22,23). The number of carbonyl (C=O) groups is 1. The van der Waals surface area contributed by atoms with E-state index in [1.54, 1.807) is 0 Å². The first kappa shape index (κ1) is 19.0. The van der Waals surface area contributed by atoms with Crippen LogP contribution in [0, 0.1) is 11.3 Å². The third kappa shape index (κ3) is 2.94. The Bertz CT molecular complexity index is 607. The summed E-state index contributed by atoms with van der Waals surface area (Å²) in [5.74, 6) is 1.42. The molecule has 0 aromatic rings. The van der Waals surface area contributed by atoms with E-state index in [4.69, 9.17) is 15.5 Å². The maximum absolute atomic E-state index is 11.8. The lowest BCUT2D eigenvalue weighted by atomic mass is 9.46. The highest BCUT2D eigenvalue weighted by molar-refractivity contribution is 5.84. The Morgan fingerprint density at radius 1 is 1.30 bits per heavy atom. The first-order valence-corrected chi connectivity index (χ1v) is 10.6. The van der Waals surface area contributed by atoms with E-state index >= 15 is 0 Å². The van der Waals surface area contributed by atoms with Crippen LogP contribution < -0.4 is 11.1 Å². The molecule has 2 saturated carbocycles. The van der Waals surface area contributed by atoms with Gasteiger partial charge in [-0.3, -0.25) is 14.7 Å². The molecule has 0 aromatic carbocycles. The van der Waals surface area contributed by atoms with Crippen molar-refractivity contribution < 1.29 is 9.53 Å².